The second-order valence-corrected chi connectivity index (χ2v) is 7.82. The van der Waals surface area contributed by atoms with E-state index in [2.05, 4.69) is 0 Å². The van der Waals surface area contributed by atoms with Crippen LogP contribution in [0, 0.1) is 5.92 Å². The normalized spacial score (nSPS) is 32.8. The van der Waals surface area contributed by atoms with Crippen molar-refractivity contribution in [1.29, 1.82) is 0 Å². The third-order valence-electron chi connectivity index (χ3n) is 4.86. The van der Waals surface area contributed by atoms with E-state index in [-0.39, 0.29) is 12.2 Å². The van der Waals surface area contributed by atoms with Gasteiger partial charge in [0.15, 0.2) is 17.2 Å². The number of hydrogen-bond acceptors (Lipinski definition) is 8. The Morgan fingerprint density at radius 3 is 2.39 bits per heavy atom. The molecule has 0 aliphatic heterocycles. The average Bonchev–Trinajstić information content (AvgIpc) is 2.57. The first-order valence-corrected chi connectivity index (χ1v) is 9.28. The van der Waals surface area contributed by atoms with Crippen LogP contribution < -0.4 is 5.73 Å². The van der Waals surface area contributed by atoms with E-state index in [1.165, 1.54) is 4.90 Å². The van der Waals surface area contributed by atoms with Crippen LogP contribution in [0.3, 0.4) is 0 Å². The number of nitrogens with two attached hydrogens (primary N) is 1. The molecule has 5 N–H and O–H groups in total. The Bertz CT molecular complexity index is 856. The van der Waals surface area contributed by atoms with Crippen LogP contribution in [0.4, 0.5) is 0 Å². The van der Waals surface area contributed by atoms with E-state index >= 15 is 0 Å². The molecule has 0 aromatic carbocycles. The topological polar surface area (TPSA) is 150 Å². The van der Waals surface area contributed by atoms with Crippen LogP contribution in [0.15, 0.2) is 44.7 Å². The maximum atomic E-state index is 13.1. The van der Waals surface area contributed by atoms with E-state index in [1.54, 1.807) is 20.2 Å². The molecule has 0 saturated heterocycles. The molecule has 0 spiro atoms. The van der Waals surface area contributed by atoms with Crippen molar-refractivity contribution in [2.24, 2.45) is 11.7 Å². The van der Waals surface area contributed by atoms with Crippen LogP contribution in [0.25, 0.3) is 0 Å². The van der Waals surface area contributed by atoms with Gasteiger partial charge >= 0.3 is 0 Å². The van der Waals surface area contributed by atoms with Gasteiger partial charge in [0.25, 0.3) is 5.91 Å². The number of nitrogens with zero attached hydrogens (tertiary/aromatic N) is 1. The fourth-order valence-corrected chi connectivity index (χ4v) is 4.04. The first kappa shape index (κ1) is 22.1. The Labute approximate surface area is 175 Å². The number of amides is 1. The lowest BCUT2D eigenvalue weighted by molar-refractivity contribution is -0.152. The molecular formula is C18H21IN2O7. The third kappa shape index (κ3) is 3.47. The van der Waals surface area contributed by atoms with Crippen molar-refractivity contribution in [2.45, 2.75) is 18.1 Å². The van der Waals surface area contributed by atoms with Gasteiger partial charge in [-0.1, -0.05) is 6.08 Å². The highest BCUT2D eigenvalue weighted by molar-refractivity contribution is 14.1. The van der Waals surface area contributed by atoms with Crippen molar-refractivity contribution in [3.63, 3.8) is 0 Å². The summed E-state index contributed by atoms with van der Waals surface area (Å²) in [6.07, 6.45) is 3.31. The Morgan fingerprint density at radius 2 is 1.89 bits per heavy atom. The number of Topliss-reactive ketones (excluding diaryl/α,β-unsaturated/α-hetero) is 1. The molecule has 9 nitrogen and oxygen atoms in total. The fraction of sp³-hybridized carbons (Fsp3) is 0.389. The molecule has 0 fully saturated rings. The molecular weight excluding hydrogens is 483 g/mol. The third-order valence-corrected chi connectivity index (χ3v) is 5.85. The lowest BCUT2D eigenvalue weighted by Gasteiger charge is -2.46. The number of fused-ring (bicyclic) bond motifs is 1. The van der Waals surface area contributed by atoms with Gasteiger partial charge in [-0.3, -0.25) is 19.3 Å². The van der Waals surface area contributed by atoms with E-state index in [1.807, 2.05) is 22.6 Å². The minimum absolute atomic E-state index is 0.0367. The molecule has 10 heteroatoms. The minimum Gasteiger partial charge on any atom is -0.508 e. The largest absolute Gasteiger partial charge is 0.508 e. The van der Waals surface area contributed by atoms with Gasteiger partial charge < -0.3 is 25.8 Å². The number of ether oxygens (including phenoxy) is 1. The first-order chi connectivity index (χ1) is 13.0. The summed E-state index contributed by atoms with van der Waals surface area (Å²) in [5.41, 5.74) is 2.46. The quantitative estimate of drug-likeness (QED) is 0.328. The van der Waals surface area contributed by atoms with Crippen LogP contribution in [-0.2, 0) is 19.1 Å². The number of rotatable bonds is 3. The number of halogens is 1. The summed E-state index contributed by atoms with van der Waals surface area (Å²) in [4.78, 5) is 39.4. The number of primary amides is 1. The molecule has 0 aromatic rings. The van der Waals surface area contributed by atoms with Gasteiger partial charge in [-0.05, 0) is 43.1 Å². The van der Waals surface area contributed by atoms with Crippen molar-refractivity contribution >= 4 is 40.1 Å². The number of hydrogen-bond donors (Lipinski definition) is 4. The summed E-state index contributed by atoms with van der Waals surface area (Å²) < 4.78 is 5.80. The predicted octanol–water partition coefficient (Wildman–Crippen LogP) is 0.974. The van der Waals surface area contributed by atoms with Crippen LogP contribution >= 0.6 is 22.6 Å². The van der Waals surface area contributed by atoms with Crippen molar-refractivity contribution in [2.75, 3.05) is 21.2 Å². The number of aliphatic hydroxyl groups is 3. The highest BCUT2D eigenvalue weighted by atomic mass is 127. The predicted molar refractivity (Wildman–Crippen MR) is 108 cm³/mol. The molecule has 1 amide bonds. The summed E-state index contributed by atoms with van der Waals surface area (Å²) in [5.74, 6) is -5.56. The van der Waals surface area contributed by atoms with E-state index in [0.717, 1.165) is 19.3 Å². The number of carbonyl (C=O) groups excluding carboxylic acids is 3. The Balaban J connectivity index is 2.92. The summed E-state index contributed by atoms with van der Waals surface area (Å²) in [5, 5.41) is 30.8. The Kier molecular flexibility index (Phi) is 6.36. The van der Waals surface area contributed by atoms with Crippen LogP contribution in [0.5, 0.6) is 0 Å². The monoisotopic (exact) mass is 504 g/mol. The molecule has 3 atom stereocenters. The maximum absolute atomic E-state index is 13.1. The standard InChI is InChI=1S/C18H21IN2O7/c1-21(2)14-9-4-5-10(19)11(23)6-8(22)7-12(24)18(9,28-3)16(26)13(15(14)25)17(20)27/h5-7,9,14,22-23,26H,4H2,1-3H3,(H2,20,27)/b8-7?,10-5+,11-6-/t9-,14-,18-/m0/s1. The van der Waals surface area contributed by atoms with Gasteiger partial charge in [0, 0.05) is 25.2 Å². The number of allylic oxidation sites excluding steroid dienone is 3. The average molecular weight is 504 g/mol. The fourth-order valence-electron chi connectivity index (χ4n) is 3.63. The van der Waals surface area contributed by atoms with Crippen molar-refractivity contribution in [3.8, 4) is 0 Å². The minimum atomic E-state index is -2.13. The van der Waals surface area contributed by atoms with Crippen molar-refractivity contribution < 1.29 is 34.4 Å². The summed E-state index contributed by atoms with van der Waals surface area (Å²) >= 11 is 1.83. The maximum Gasteiger partial charge on any atom is 0.255 e. The molecule has 0 heterocycles. The molecule has 2 aliphatic carbocycles. The van der Waals surface area contributed by atoms with Gasteiger partial charge in [0.2, 0.25) is 0 Å². The second kappa shape index (κ2) is 8.05. The van der Waals surface area contributed by atoms with Crippen LogP contribution in [0.1, 0.15) is 6.42 Å². The molecule has 0 saturated carbocycles. The number of methoxy groups -OCH3 is 1. The zero-order valence-corrected chi connectivity index (χ0v) is 17.6. The highest BCUT2D eigenvalue weighted by Crippen LogP contribution is 2.43. The summed E-state index contributed by atoms with van der Waals surface area (Å²) in [6.45, 7) is 0. The van der Waals surface area contributed by atoms with Gasteiger partial charge in [-0.15, -0.1) is 0 Å². The van der Waals surface area contributed by atoms with E-state index in [4.69, 9.17) is 10.5 Å². The van der Waals surface area contributed by atoms with E-state index in [0.29, 0.717) is 3.58 Å². The van der Waals surface area contributed by atoms with Gasteiger partial charge in [0.05, 0.1) is 9.62 Å². The Hall–Kier alpha value is -2.18. The van der Waals surface area contributed by atoms with Gasteiger partial charge in [-0.25, -0.2) is 0 Å². The lowest BCUT2D eigenvalue weighted by Crippen LogP contribution is -2.63. The number of ketones is 2. The SMILES string of the molecule is CO[C@]12C(=O)C=C(O)/C=C(O)/C(I)=C\C[C@H]1[C@H](N(C)C)C(=O)C(C(N)=O)=C2O. The van der Waals surface area contributed by atoms with E-state index < -0.39 is 52.1 Å². The Morgan fingerprint density at radius 1 is 1.29 bits per heavy atom. The zero-order valence-electron chi connectivity index (χ0n) is 15.5. The highest BCUT2D eigenvalue weighted by Gasteiger charge is 2.59. The smallest absolute Gasteiger partial charge is 0.255 e. The number of likely N-dealkylation sites (N-methyl/N-ethyl adjacent to an activating group) is 1. The van der Waals surface area contributed by atoms with Crippen LogP contribution in [-0.4, -0.2) is 70.5 Å². The van der Waals surface area contributed by atoms with E-state index in [9.17, 15) is 29.7 Å². The van der Waals surface area contributed by atoms with Crippen molar-refractivity contribution in [1.82, 2.24) is 4.90 Å². The molecule has 0 aromatic heterocycles. The summed E-state index contributed by atoms with van der Waals surface area (Å²) in [7, 11) is 4.31. The molecule has 28 heavy (non-hydrogen) atoms. The second-order valence-electron chi connectivity index (χ2n) is 6.66. The van der Waals surface area contributed by atoms with Gasteiger partial charge in [0.1, 0.15) is 22.9 Å². The number of aliphatic hydroxyl groups excluding tert-OH is 3. The molecule has 2 rings (SSSR count). The first-order valence-electron chi connectivity index (χ1n) is 8.20. The molecule has 0 unspecified atom stereocenters. The van der Waals surface area contributed by atoms with Gasteiger partial charge in [-0.2, -0.15) is 0 Å². The molecule has 0 radical (unpaired) electrons. The molecule has 0 bridgehead atoms. The number of carbonyl (C=O) groups is 3. The van der Waals surface area contributed by atoms with Crippen LogP contribution in [0.2, 0.25) is 0 Å². The molecule has 2 aliphatic rings. The zero-order chi connectivity index (χ0) is 21.4. The lowest BCUT2D eigenvalue weighted by atomic mass is 9.67. The molecule has 152 valence electrons. The summed E-state index contributed by atoms with van der Waals surface area (Å²) in [6, 6.07) is -1.04. The van der Waals surface area contributed by atoms with Crippen molar-refractivity contribution in [3.05, 3.63) is 44.7 Å².